The molecule has 0 aliphatic carbocycles. The van der Waals surface area contributed by atoms with Gasteiger partial charge in [0, 0.05) is 19.0 Å². The highest BCUT2D eigenvalue weighted by Crippen LogP contribution is 2.33. The van der Waals surface area contributed by atoms with Gasteiger partial charge in [0.05, 0.1) is 6.61 Å². The predicted molar refractivity (Wildman–Crippen MR) is 95.3 cm³/mol. The number of carbonyl (C=O) groups excluding carboxylic acids is 1. The van der Waals surface area contributed by atoms with Crippen molar-refractivity contribution in [3.05, 3.63) is 29.8 Å². The van der Waals surface area contributed by atoms with Gasteiger partial charge in [-0.2, -0.15) is 0 Å². The number of benzene rings is 1. The molecule has 2 N–H and O–H groups in total. The molecule has 2 unspecified atom stereocenters. The number of nitrogens with two attached hydrogens (primary N) is 1. The third-order valence-corrected chi connectivity index (χ3v) is 4.30. The second-order valence-electron chi connectivity index (χ2n) is 7.32. The summed E-state index contributed by atoms with van der Waals surface area (Å²) in [6, 6.07) is 8.12. The van der Waals surface area contributed by atoms with Crippen LogP contribution in [0, 0.1) is 5.92 Å². The Hall–Kier alpha value is -1.75. The lowest BCUT2D eigenvalue weighted by molar-refractivity contribution is 0.0286. The first-order valence-corrected chi connectivity index (χ1v) is 8.74. The molecule has 134 valence electrons. The molecule has 1 saturated heterocycles. The van der Waals surface area contributed by atoms with Gasteiger partial charge in [-0.15, -0.1) is 0 Å². The molecule has 1 fully saturated rings. The molecule has 5 heteroatoms. The van der Waals surface area contributed by atoms with E-state index in [1.54, 1.807) is 4.90 Å². The third kappa shape index (κ3) is 4.87. The number of likely N-dealkylation sites (tertiary alicyclic amines) is 1. The number of hydrogen-bond donors (Lipinski definition) is 1. The van der Waals surface area contributed by atoms with Crippen molar-refractivity contribution in [3.63, 3.8) is 0 Å². The van der Waals surface area contributed by atoms with Gasteiger partial charge in [-0.3, -0.25) is 0 Å². The Balaban J connectivity index is 2.04. The summed E-state index contributed by atoms with van der Waals surface area (Å²) in [7, 11) is 0. The Labute approximate surface area is 145 Å². The van der Waals surface area contributed by atoms with Crippen LogP contribution in [0.1, 0.15) is 45.6 Å². The van der Waals surface area contributed by atoms with Crippen LogP contribution in [0.4, 0.5) is 4.79 Å². The summed E-state index contributed by atoms with van der Waals surface area (Å²) < 4.78 is 11.1. The van der Waals surface area contributed by atoms with Crippen molar-refractivity contribution >= 4 is 6.09 Å². The number of amides is 1. The maximum absolute atomic E-state index is 12.2. The van der Waals surface area contributed by atoms with E-state index >= 15 is 0 Å². The summed E-state index contributed by atoms with van der Waals surface area (Å²) >= 11 is 0. The van der Waals surface area contributed by atoms with E-state index in [9.17, 15) is 4.79 Å². The number of rotatable bonds is 5. The molecule has 1 aliphatic heterocycles. The minimum absolute atomic E-state index is 0.220. The molecule has 0 spiro atoms. The molecule has 1 amide bonds. The number of hydrogen-bond acceptors (Lipinski definition) is 4. The van der Waals surface area contributed by atoms with Crippen molar-refractivity contribution in [1.82, 2.24) is 4.90 Å². The molecule has 2 atom stereocenters. The van der Waals surface area contributed by atoms with Crippen LogP contribution in [0.3, 0.4) is 0 Å². The quantitative estimate of drug-likeness (QED) is 0.896. The van der Waals surface area contributed by atoms with Crippen molar-refractivity contribution in [2.24, 2.45) is 11.7 Å². The van der Waals surface area contributed by atoms with Gasteiger partial charge < -0.3 is 20.1 Å². The lowest BCUT2D eigenvalue weighted by Gasteiger charge is -2.26. The van der Waals surface area contributed by atoms with Gasteiger partial charge in [0.2, 0.25) is 0 Å². The topological polar surface area (TPSA) is 64.8 Å². The summed E-state index contributed by atoms with van der Waals surface area (Å²) in [5.74, 6) is 1.44. The average molecular weight is 334 g/mol. The molecule has 0 bridgehead atoms. The molecule has 5 nitrogen and oxygen atoms in total. The van der Waals surface area contributed by atoms with Crippen molar-refractivity contribution in [2.75, 3.05) is 26.2 Å². The van der Waals surface area contributed by atoms with E-state index in [0.717, 1.165) is 18.7 Å². The highest BCUT2D eigenvalue weighted by molar-refractivity contribution is 5.68. The van der Waals surface area contributed by atoms with Crippen molar-refractivity contribution in [3.8, 4) is 5.75 Å². The Morgan fingerprint density at radius 2 is 2.17 bits per heavy atom. The van der Waals surface area contributed by atoms with E-state index in [4.69, 9.17) is 15.2 Å². The molecule has 0 aromatic heterocycles. The Kier molecular flexibility index (Phi) is 6.10. The van der Waals surface area contributed by atoms with Crippen LogP contribution >= 0.6 is 0 Å². The van der Waals surface area contributed by atoms with Gasteiger partial charge in [-0.25, -0.2) is 4.79 Å². The first-order valence-electron chi connectivity index (χ1n) is 8.74. The first kappa shape index (κ1) is 18.6. The number of nitrogens with zero attached hydrogens (tertiary/aromatic N) is 1. The standard InChI is InChI=1S/C19H30N2O3/c1-5-23-16-8-6-7-14(11-16)17(12-20)15-9-10-21(13-15)18(22)24-19(2,3)4/h6-8,11,15,17H,5,9-10,12-13,20H2,1-4H3. The van der Waals surface area contributed by atoms with E-state index in [0.29, 0.717) is 25.6 Å². The molecule has 0 saturated carbocycles. The van der Waals surface area contributed by atoms with Gasteiger partial charge in [-0.1, -0.05) is 12.1 Å². The maximum Gasteiger partial charge on any atom is 0.410 e. The van der Waals surface area contributed by atoms with Gasteiger partial charge in [-0.05, 0) is 64.3 Å². The number of carbonyl (C=O) groups is 1. The normalized spacial score (nSPS) is 19.2. The van der Waals surface area contributed by atoms with Crippen LogP contribution in [0.2, 0.25) is 0 Å². The van der Waals surface area contributed by atoms with E-state index in [2.05, 4.69) is 12.1 Å². The molecular weight excluding hydrogens is 304 g/mol. The Morgan fingerprint density at radius 3 is 2.79 bits per heavy atom. The largest absolute Gasteiger partial charge is 0.494 e. The van der Waals surface area contributed by atoms with Crippen LogP contribution in [-0.2, 0) is 4.74 Å². The van der Waals surface area contributed by atoms with Crippen molar-refractivity contribution < 1.29 is 14.3 Å². The zero-order valence-electron chi connectivity index (χ0n) is 15.2. The second-order valence-corrected chi connectivity index (χ2v) is 7.32. The van der Waals surface area contributed by atoms with E-state index in [1.807, 2.05) is 39.8 Å². The molecule has 0 radical (unpaired) electrons. The van der Waals surface area contributed by atoms with Crippen LogP contribution < -0.4 is 10.5 Å². The fraction of sp³-hybridized carbons (Fsp3) is 0.632. The van der Waals surface area contributed by atoms with Crippen molar-refractivity contribution in [2.45, 2.75) is 45.6 Å². The van der Waals surface area contributed by atoms with Crippen LogP contribution in [0.5, 0.6) is 5.75 Å². The van der Waals surface area contributed by atoms with Crippen LogP contribution in [0.15, 0.2) is 24.3 Å². The first-order chi connectivity index (χ1) is 11.3. The fourth-order valence-corrected chi connectivity index (χ4v) is 3.21. The molecule has 1 aliphatic rings. The highest BCUT2D eigenvalue weighted by Gasteiger charge is 2.34. The molecule has 1 aromatic rings. The van der Waals surface area contributed by atoms with Crippen LogP contribution in [-0.4, -0.2) is 42.8 Å². The zero-order valence-corrected chi connectivity index (χ0v) is 15.2. The third-order valence-electron chi connectivity index (χ3n) is 4.30. The van der Waals surface area contributed by atoms with Gasteiger partial charge in [0.25, 0.3) is 0 Å². The van der Waals surface area contributed by atoms with E-state index in [-0.39, 0.29) is 12.0 Å². The lowest BCUT2D eigenvalue weighted by atomic mass is 9.85. The van der Waals surface area contributed by atoms with Gasteiger partial charge in [0.1, 0.15) is 11.4 Å². The lowest BCUT2D eigenvalue weighted by Crippen LogP contribution is -2.36. The van der Waals surface area contributed by atoms with E-state index < -0.39 is 5.60 Å². The van der Waals surface area contributed by atoms with Crippen molar-refractivity contribution in [1.29, 1.82) is 0 Å². The summed E-state index contributed by atoms with van der Waals surface area (Å²) in [6.07, 6.45) is 0.712. The maximum atomic E-state index is 12.2. The Morgan fingerprint density at radius 1 is 1.42 bits per heavy atom. The van der Waals surface area contributed by atoms with Gasteiger partial charge in [0.15, 0.2) is 0 Å². The molecular formula is C19H30N2O3. The minimum Gasteiger partial charge on any atom is -0.494 e. The van der Waals surface area contributed by atoms with E-state index in [1.165, 1.54) is 5.56 Å². The fourth-order valence-electron chi connectivity index (χ4n) is 3.21. The summed E-state index contributed by atoms with van der Waals surface area (Å²) in [4.78, 5) is 14.0. The van der Waals surface area contributed by atoms with Crippen LogP contribution in [0.25, 0.3) is 0 Å². The smallest absolute Gasteiger partial charge is 0.410 e. The summed E-state index contributed by atoms with van der Waals surface area (Å²) in [5.41, 5.74) is 6.77. The Bertz CT molecular complexity index is 554. The summed E-state index contributed by atoms with van der Waals surface area (Å²) in [6.45, 7) is 10.3. The molecule has 24 heavy (non-hydrogen) atoms. The predicted octanol–water partition coefficient (Wildman–Crippen LogP) is 3.38. The highest BCUT2D eigenvalue weighted by atomic mass is 16.6. The molecule has 1 aromatic carbocycles. The number of ether oxygens (including phenoxy) is 2. The monoisotopic (exact) mass is 334 g/mol. The average Bonchev–Trinajstić information content (AvgIpc) is 2.97. The molecule has 1 heterocycles. The SMILES string of the molecule is CCOc1cccc(C(CN)C2CCN(C(=O)OC(C)(C)C)C2)c1. The second kappa shape index (κ2) is 7.88. The molecule has 2 rings (SSSR count). The minimum atomic E-state index is -0.464. The zero-order chi connectivity index (χ0) is 17.7. The summed E-state index contributed by atoms with van der Waals surface area (Å²) in [5, 5.41) is 0. The van der Waals surface area contributed by atoms with Gasteiger partial charge >= 0.3 is 6.09 Å².